The lowest BCUT2D eigenvalue weighted by Gasteiger charge is -0.413. The van der Waals surface area contributed by atoms with Gasteiger partial charge in [-0.1, -0.05) is 0 Å². The second-order valence-electron chi connectivity index (χ2n) is 0. The van der Waals surface area contributed by atoms with Crippen LogP contribution in [0.15, 0.2) is 0 Å². The summed E-state index contributed by atoms with van der Waals surface area (Å²) in [6.07, 6.45) is 0. The first-order chi connectivity index (χ1) is 0. The molecule has 7 nitrogen and oxygen atoms in total. The molecule has 0 rings (SSSR count). The second-order valence-corrected chi connectivity index (χ2v) is 0. The zero-order chi connectivity index (χ0) is 0. The van der Waals surface area contributed by atoms with E-state index in [1.165, 1.54) is 0 Å². The summed E-state index contributed by atoms with van der Waals surface area (Å²) in [4.78, 5) is 0. The molecule has 0 aromatic heterocycles. The van der Waals surface area contributed by atoms with Gasteiger partial charge in [-0.3, -0.25) is 0 Å². The van der Waals surface area contributed by atoms with Gasteiger partial charge in [0.25, 0.3) is 0 Å². The number of rotatable bonds is 0. The minimum absolute atomic E-state index is 0. The highest BCUT2D eigenvalue weighted by Gasteiger charge is 0.316. The van der Waals surface area contributed by atoms with Crippen molar-refractivity contribution in [2.24, 2.45) is 0 Å². The third-order valence-electron chi connectivity index (χ3n) is 0. The molecular formula is H18MgO7S. The van der Waals surface area contributed by atoms with Crippen molar-refractivity contribution in [3.05, 3.63) is 0 Å². The Morgan fingerprint density at radius 3 is 0.333 bits per heavy atom. The maximum atomic E-state index is 0. The first-order valence-electron chi connectivity index (χ1n) is 0. The van der Waals surface area contributed by atoms with Crippen molar-refractivity contribution in [3.63, 3.8) is 0 Å². The minimum Gasteiger partial charge on any atom is -0.412 e. The summed E-state index contributed by atoms with van der Waals surface area (Å²) < 4.78 is 0. The molecule has 0 unspecified atom stereocenters. The van der Waals surface area contributed by atoms with Gasteiger partial charge >= 0.3 is 23.1 Å². The molecule has 0 aliphatic rings. The summed E-state index contributed by atoms with van der Waals surface area (Å²) in [5, 5.41) is 0. The third-order valence-corrected chi connectivity index (χ3v) is 0. The summed E-state index contributed by atoms with van der Waals surface area (Å²) in [7, 11) is 0. The van der Waals surface area contributed by atoms with Crippen molar-refractivity contribution in [2.45, 2.75) is 0 Å². The highest BCUT2D eigenvalue weighted by atomic mass is 32.1. The SMILES string of the molecule is O.O.O.O.O.O.O.S.[MgH2]. The van der Waals surface area contributed by atoms with Crippen LogP contribution in [0.25, 0.3) is 0 Å². The lowest BCUT2D eigenvalue weighted by Crippen LogP contribution is -0.381. The van der Waals surface area contributed by atoms with E-state index in [0.717, 1.165) is 0 Å². The van der Waals surface area contributed by atoms with E-state index >= 15 is 0 Å². The Bertz CT molecular complexity index is 8.88. The van der Waals surface area contributed by atoms with E-state index in [1.54, 1.807) is 0 Å². The van der Waals surface area contributed by atoms with Gasteiger partial charge in [0, 0.05) is 0 Å². The van der Waals surface area contributed by atoms with E-state index in [1.807, 2.05) is 0 Å². The summed E-state index contributed by atoms with van der Waals surface area (Å²) in [6, 6.07) is 0. The van der Waals surface area contributed by atoms with Crippen molar-refractivity contribution in [3.8, 4) is 0 Å². The van der Waals surface area contributed by atoms with Crippen molar-refractivity contribution in [2.75, 3.05) is 0 Å². The van der Waals surface area contributed by atoms with Crippen LogP contribution in [0.1, 0.15) is 0 Å². The minimum atomic E-state index is 0. The Morgan fingerprint density at radius 2 is 0.333 bits per heavy atom. The van der Waals surface area contributed by atoms with E-state index in [0.29, 0.717) is 0 Å². The van der Waals surface area contributed by atoms with Crippen LogP contribution in [0.2, 0.25) is 0 Å². The maximum absolute atomic E-state index is 0. The monoisotopic (exact) mass is 186 g/mol. The van der Waals surface area contributed by atoms with Crippen LogP contribution in [0.5, 0.6) is 0 Å². The molecule has 9 heavy (non-hydrogen) atoms. The molecule has 0 aliphatic carbocycles. The van der Waals surface area contributed by atoms with Crippen molar-refractivity contribution >= 4 is 36.5 Å². The summed E-state index contributed by atoms with van der Waals surface area (Å²) >= 11 is 0. The maximum Gasteiger partial charge on any atom is 0.316 e. The summed E-state index contributed by atoms with van der Waals surface area (Å²) in [5.74, 6) is 0. The Hall–Kier alpha value is 0.836. The molecule has 0 aromatic carbocycles. The van der Waals surface area contributed by atoms with E-state index in [9.17, 15) is 0 Å². The van der Waals surface area contributed by atoms with E-state index in [4.69, 9.17) is 0 Å². The zero-order valence-electron chi connectivity index (χ0n) is 4.00. The first-order valence-corrected chi connectivity index (χ1v) is 0. The van der Waals surface area contributed by atoms with Gasteiger partial charge in [0.05, 0.1) is 0 Å². The highest BCUT2D eigenvalue weighted by Crippen LogP contribution is 0.648. The average molecular weight is 187 g/mol. The predicted molar refractivity (Wildman–Crippen MR) is 44.2 cm³/mol. The molecule has 0 spiro atoms. The van der Waals surface area contributed by atoms with Gasteiger partial charge in [-0.2, -0.15) is 13.5 Å². The van der Waals surface area contributed by atoms with Gasteiger partial charge in [0.2, 0.25) is 0 Å². The molecule has 0 radical (unpaired) electrons. The average Bonchev–Trinajstić information content (AvgIpc) is 0. The molecule has 68 valence electrons. The van der Waals surface area contributed by atoms with Gasteiger partial charge in [-0.15, -0.1) is 0 Å². The fraction of sp³-hybridized carbons (Fsp3) is 0. The Morgan fingerprint density at radius 1 is 0.333 bits per heavy atom. The molecule has 0 amide bonds. The molecule has 0 saturated carbocycles. The van der Waals surface area contributed by atoms with Crippen LogP contribution >= 0.6 is 13.5 Å². The summed E-state index contributed by atoms with van der Waals surface area (Å²) in [6.45, 7) is 0. The van der Waals surface area contributed by atoms with Crippen LogP contribution in [0, 0.1) is 0 Å². The van der Waals surface area contributed by atoms with Crippen LogP contribution in [-0.2, 0) is 0 Å². The van der Waals surface area contributed by atoms with E-state index in [2.05, 4.69) is 0 Å². The standard InChI is InChI=1S/Mg.7H2O.H2S.2H/h;8*1H2;;. The highest BCUT2D eigenvalue weighted by molar-refractivity contribution is 7.59. The quantitative estimate of drug-likeness (QED) is 0.322. The Balaban J connectivity index is 0. The molecule has 0 aliphatic heterocycles. The van der Waals surface area contributed by atoms with Gasteiger partial charge in [-0.05, 0) is 0 Å². The van der Waals surface area contributed by atoms with Gasteiger partial charge < -0.3 is 38.3 Å². The Kier molecular flexibility index (Phi) is 94700. The van der Waals surface area contributed by atoms with E-state index < -0.39 is 0 Å². The zero-order valence-corrected chi connectivity index (χ0v) is 5.00. The molecule has 9 heteroatoms. The number of hydrogen-bond donors (Lipinski definition) is 0. The van der Waals surface area contributed by atoms with E-state index in [-0.39, 0.29) is 74.9 Å². The lowest BCUT2D eigenvalue weighted by molar-refractivity contribution is 0.823. The molecule has 0 heterocycles. The second kappa shape index (κ2) is 776. The third kappa shape index (κ3) is 591. The van der Waals surface area contributed by atoms with Crippen molar-refractivity contribution in [1.82, 2.24) is 0 Å². The fourth-order valence-electron chi connectivity index (χ4n) is 0. The van der Waals surface area contributed by atoms with Crippen LogP contribution < -0.4 is 0 Å². The van der Waals surface area contributed by atoms with Crippen LogP contribution in [0.4, 0.5) is 0 Å². The molecule has 0 aromatic rings. The molecule has 14 N–H and O–H groups in total. The van der Waals surface area contributed by atoms with Gasteiger partial charge in [-0.25, -0.2) is 0 Å². The first kappa shape index (κ1) is 1100. The smallest absolute Gasteiger partial charge is 0.316 e. The normalized spacial score (nSPS) is 0. The van der Waals surface area contributed by atoms with Gasteiger partial charge in [0.15, 0.2) is 0 Å². The summed E-state index contributed by atoms with van der Waals surface area (Å²) in [5.41, 5.74) is 0. The molecule has 0 fully saturated rings. The van der Waals surface area contributed by atoms with Crippen LogP contribution in [-0.4, -0.2) is 61.4 Å². The molecule has 0 atom stereocenters. The topological polar surface area (TPSA) is 220 Å². The molecule has 0 saturated heterocycles. The molecule has 0 bridgehead atoms. The predicted octanol–water partition coefficient (Wildman–Crippen LogP) is -6.58. The lowest BCUT2D eigenvalue weighted by atomic mass is 16.0. The van der Waals surface area contributed by atoms with Crippen molar-refractivity contribution in [1.29, 1.82) is 0 Å². The fourth-order valence-corrected chi connectivity index (χ4v) is 0. The number of hydrogen-bond acceptors (Lipinski definition) is 0. The largest absolute Gasteiger partial charge is 0.412 e. The van der Waals surface area contributed by atoms with Crippen molar-refractivity contribution < 1.29 is 38.3 Å². The Labute approximate surface area is 75.2 Å². The van der Waals surface area contributed by atoms with Gasteiger partial charge in [0.1, 0.15) is 0 Å². The molecular weight excluding hydrogens is 168 g/mol. The van der Waals surface area contributed by atoms with Crippen LogP contribution in [0.3, 0.4) is 0 Å².